The molecule has 6 heteroatoms. The molecule has 0 atom stereocenters. The quantitative estimate of drug-likeness (QED) is 0.193. The van der Waals surface area contributed by atoms with Gasteiger partial charge in [0.1, 0.15) is 11.2 Å². The molecule has 0 N–H and O–H groups in total. The summed E-state index contributed by atoms with van der Waals surface area (Å²) in [5, 5.41) is 5.86. The van der Waals surface area contributed by atoms with Crippen molar-refractivity contribution in [2.24, 2.45) is 0 Å². The molecule has 0 amide bonds. The highest BCUT2D eigenvalue weighted by atomic mass is 32.1. The molecule has 4 aromatic heterocycles. The molecular formula is C42H24N4OS. The molecule has 0 aliphatic rings. The molecule has 0 aliphatic heterocycles. The van der Waals surface area contributed by atoms with E-state index in [1.165, 1.54) is 25.6 Å². The number of fused-ring (bicyclic) bond motifs is 8. The molecule has 0 fully saturated rings. The lowest BCUT2D eigenvalue weighted by molar-refractivity contribution is 0.669. The lowest BCUT2D eigenvalue weighted by Gasteiger charge is -2.10. The molecule has 0 spiro atoms. The zero-order chi connectivity index (χ0) is 31.6. The van der Waals surface area contributed by atoms with E-state index in [9.17, 15) is 0 Å². The zero-order valence-corrected chi connectivity index (χ0v) is 26.3. The minimum absolute atomic E-state index is 0.591. The molecule has 4 heterocycles. The topological polar surface area (TPSA) is 64.7 Å². The van der Waals surface area contributed by atoms with Crippen LogP contribution in [0.25, 0.3) is 98.4 Å². The molecule has 0 bridgehead atoms. The second-order valence-electron chi connectivity index (χ2n) is 11.8. The summed E-state index contributed by atoms with van der Waals surface area (Å²) in [4.78, 5) is 20.1. The fourth-order valence-electron chi connectivity index (χ4n) is 6.62. The van der Waals surface area contributed by atoms with Crippen LogP contribution in [-0.4, -0.2) is 19.9 Å². The van der Waals surface area contributed by atoms with Crippen molar-refractivity contribution >= 4 is 64.4 Å². The Morgan fingerprint density at radius 1 is 0.417 bits per heavy atom. The Hall–Kier alpha value is -6.24. The van der Waals surface area contributed by atoms with Crippen LogP contribution in [0.2, 0.25) is 0 Å². The van der Waals surface area contributed by atoms with Crippen molar-refractivity contribution in [3.05, 3.63) is 146 Å². The smallest absolute Gasteiger partial charge is 0.164 e. The van der Waals surface area contributed by atoms with Crippen LogP contribution < -0.4 is 0 Å². The molecule has 10 rings (SSSR count). The summed E-state index contributed by atoms with van der Waals surface area (Å²) in [5.74, 6) is 1.81. The third-order valence-corrected chi connectivity index (χ3v) is 10.1. The van der Waals surface area contributed by atoms with Crippen molar-refractivity contribution in [3.63, 3.8) is 0 Å². The Kier molecular flexibility index (Phi) is 5.98. The van der Waals surface area contributed by atoms with Crippen molar-refractivity contribution in [3.8, 4) is 45.4 Å². The van der Waals surface area contributed by atoms with Crippen LogP contribution in [0.4, 0.5) is 0 Å². The predicted molar refractivity (Wildman–Crippen MR) is 197 cm³/mol. The average molecular weight is 633 g/mol. The third-order valence-electron chi connectivity index (χ3n) is 8.94. The number of hydrogen-bond donors (Lipinski definition) is 0. The minimum atomic E-state index is 0.591. The molecule has 0 saturated carbocycles. The van der Waals surface area contributed by atoms with Gasteiger partial charge in [-0.2, -0.15) is 0 Å². The first-order valence-electron chi connectivity index (χ1n) is 15.8. The summed E-state index contributed by atoms with van der Waals surface area (Å²) in [7, 11) is 0. The molecule has 0 saturated heterocycles. The van der Waals surface area contributed by atoms with E-state index >= 15 is 0 Å². The van der Waals surface area contributed by atoms with Gasteiger partial charge < -0.3 is 4.42 Å². The fraction of sp³-hybridized carbons (Fsp3) is 0. The summed E-state index contributed by atoms with van der Waals surface area (Å²) < 4.78 is 8.65. The molecule has 224 valence electrons. The number of furan rings is 1. The first kappa shape index (κ1) is 26.9. The molecule has 0 radical (unpaired) electrons. The van der Waals surface area contributed by atoms with Crippen LogP contribution in [0, 0.1) is 0 Å². The Labute approximate surface area is 278 Å². The Balaban J connectivity index is 1.12. The van der Waals surface area contributed by atoms with Gasteiger partial charge >= 0.3 is 0 Å². The SMILES string of the molecule is c1ccc(-c2nc(-c3ccc(-c4nc5ccccc5c5c4sc4ccccc45)cc3)nc(-c3ccc4c(c3)oc3ccccc34)n2)cc1. The summed E-state index contributed by atoms with van der Waals surface area (Å²) in [6, 6.07) is 49.7. The number of nitrogens with zero attached hydrogens (tertiary/aromatic N) is 4. The van der Waals surface area contributed by atoms with Gasteiger partial charge in [0.25, 0.3) is 0 Å². The molecule has 0 aliphatic carbocycles. The molecule has 48 heavy (non-hydrogen) atoms. The van der Waals surface area contributed by atoms with Gasteiger partial charge in [-0.3, -0.25) is 0 Å². The summed E-state index contributed by atoms with van der Waals surface area (Å²) in [6.07, 6.45) is 0. The highest BCUT2D eigenvalue weighted by molar-refractivity contribution is 7.26. The number of aromatic nitrogens is 4. The molecule has 0 unspecified atom stereocenters. The average Bonchev–Trinajstić information content (AvgIpc) is 3.73. The van der Waals surface area contributed by atoms with Gasteiger partial charge in [0.15, 0.2) is 17.5 Å². The molecule has 6 aromatic carbocycles. The number of thiophene rings is 1. The van der Waals surface area contributed by atoms with E-state index < -0.39 is 0 Å². The van der Waals surface area contributed by atoms with Crippen molar-refractivity contribution in [1.82, 2.24) is 19.9 Å². The van der Waals surface area contributed by atoms with Crippen LogP contribution in [0.3, 0.4) is 0 Å². The van der Waals surface area contributed by atoms with Crippen LogP contribution in [0.1, 0.15) is 0 Å². The third kappa shape index (κ3) is 4.31. The maximum atomic E-state index is 6.20. The van der Waals surface area contributed by atoms with E-state index in [0.717, 1.165) is 55.4 Å². The first-order valence-corrected chi connectivity index (χ1v) is 16.6. The van der Waals surface area contributed by atoms with Gasteiger partial charge in [0, 0.05) is 53.9 Å². The standard InChI is InChI=1S/C42H24N4OS/c1-2-10-26(11-3-1)40-44-41(46-42(45-40)28-22-23-30-29-12-5-8-16-34(29)47-35(30)24-28)27-20-18-25(19-21-27)38-39-37(31-13-4-7-15-33(31)43-38)32-14-6-9-17-36(32)48-39/h1-24H. The highest BCUT2D eigenvalue weighted by Gasteiger charge is 2.18. The van der Waals surface area contributed by atoms with Crippen LogP contribution in [0.5, 0.6) is 0 Å². The van der Waals surface area contributed by atoms with E-state index in [4.69, 9.17) is 24.4 Å². The Morgan fingerprint density at radius 2 is 1.00 bits per heavy atom. The van der Waals surface area contributed by atoms with Crippen LogP contribution in [0.15, 0.2) is 150 Å². The van der Waals surface area contributed by atoms with Gasteiger partial charge in [-0.15, -0.1) is 11.3 Å². The molecule has 10 aromatic rings. The lowest BCUT2D eigenvalue weighted by Crippen LogP contribution is -2.00. The van der Waals surface area contributed by atoms with Gasteiger partial charge in [0.05, 0.1) is 15.9 Å². The number of benzene rings is 6. The van der Waals surface area contributed by atoms with Gasteiger partial charge in [-0.1, -0.05) is 115 Å². The normalized spacial score (nSPS) is 11.8. The van der Waals surface area contributed by atoms with Gasteiger partial charge in [0.2, 0.25) is 0 Å². The Morgan fingerprint density at radius 3 is 1.81 bits per heavy atom. The van der Waals surface area contributed by atoms with Gasteiger partial charge in [-0.25, -0.2) is 19.9 Å². The summed E-state index contributed by atoms with van der Waals surface area (Å²) in [6.45, 7) is 0. The van der Waals surface area contributed by atoms with Crippen molar-refractivity contribution in [2.75, 3.05) is 0 Å². The first-order chi connectivity index (χ1) is 23.8. The van der Waals surface area contributed by atoms with E-state index in [1.807, 2.05) is 54.6 Å². The van der Waals surface area contributed by atoms with Crippen molar-refractivity contribution < 1.29 is 4.42 Å². The predicted octanol–water partition coefficient (Wildman–Crippen LogP) is 11.4. The highest BCUT2D eigenvalue weighted by Crippen LogP contribution is 2.43. The van der Waals surface area contributed by atoms with Crippen molar-refractivity contribution in [2.45, 2.75) is 0 Å². The summed E-state index contributed by atoms with van der Waals surface area (Å²) in [5.41, 5.74) is 7.38. The number of hydrogen-bond acceptors (Lipinski definition) is 6. The van der Waals surface area contributed by atoms with E-state index in [-0.39, 0.29) is 0 Å². The Bertz CT molecular complexity index is 2840. The lowest BCUT2D eigenvalue weighted by atomic mass is 10.0. The van der Waals surface area contributed by atoms with E-state index in [1.54, 1.807) is 11.3 Å². The number of rotatable bonds is 4. The maximum absolute atomic E-state index is 6.20. The second kappa shape index (κ2) is 10.7. The van der Waals surface area contributed by atoms with Gasteiger partial charge in [-0.05, 0) is 30.3 Å². The van der Waals surface area contributed by atoms with E-state index in [2.05, 4.69) is 91.0 Å². The zero-order valence-electron chi connectivity index (χ0n) is 25.5. The maximum Gasteiger partial charge on any atom is 0.164 e. The summed E-state index contributed by atoms with van der Waals surface area (Å²) >= 11 is 1.80. The van der Waals surface area contributed by atoms with Crippen LogP contribution >= 0.6 is 11.3 Å². The van der Waals surface area contributed by atoms with Crippen LogP contribution in [-0.2, 0) is 0 Å². The van der Waals surface area contributed by atoms with E-state index in [0.29, 0.717) is 17.5 Å². The number of para-hydroxylation sites is 2. The molecular weight excluding hydrogens is 609 g/mol. The largest absolute Gasteiger partial charge is 0.456 e. The number of pyridine rings is 1. The minimum Gasteiger partial charge on any atom is -0.456 e. The second-order valence-corrected chi connectivity index (χ2v) is 12.9. The van der Waals surface area contributed by atoms with Crippen molar-refractivity contribution in [1.29, 1.82) is 0 Å². The molecule has 5 nitrogen and oxygen atoms in total. The monoisotopic (exact) mass is 632 g/mol. The fourth-order valence-corrected chi connectivity index (χ4v) is 7.85.